The van der Waals surface area contributed by atoms with E-state index in [1.807, 2.05) is 18.2 Å². The van der Waals surface area contributed by atoms with Gasteiger partial charge in [-0.05, 0) is 54.3 Å². The second kappa shape index (κ2) is 8.26. The van der Waals surface area contributed by atoms with E-state index in [1.54, 1.807) is 24.4 Å². The summed E-state index contributed by atoms with van der Waals surface area (Å²) in [5.41, 5.74) is 2.55. The van der Waals surface area contributed by atoms with Crippen LogP contribution in [0.4, 0.5) is 10.3 Å². The first-order chi connectivity index (χ1) is 15.1. The summed E-state index contributed by atoms with van der Waals surface area (Å²) in [6.07, 6.45) is 3.63. The summed E-state index contributed by atoms with van der Waals surface area (Å²) in [4.78, 5) is 11.8. The highest BCUT2D eigenvalue weighted by Crippen LogP contribution is 2.37. The Morgan fingerprint density at radius 1 is 1.23 bits per heavy atom. The summed E-state index contributed by atoms with van der Waals surface area (Å²) < 4.78 is 36.9. The maximum Gasteiger partial charge on any atom is 0.244 e. The SMILES string of the molecule is CCc1ccnc(N2CC[C@H](COc3ccc(-c4ccc5c(c4)OS5=O)cc3F)C2)n1. The number of rotatable bonds is 6. The molecule has 3 aromatic rings. The normalized spacial score (nSPS) is 19.5. The number of halogens is 1. The smallest absolute Gasteiger partial charge is 0.244 e. The number of aryl methyl sites for hydroxylation is 1. The average Bonchev–Trinajstić information content (AvgIpc) is 3.26. The largest absolute Gasteiger partial charge is 0.490 e. The molecule has 0 amide bonds. The van der Waals surface area contributed by atoms with Gasteiger partial charge in [0, 0.05) is 30.9 Å². The zero-order valence-corrected chi connectivity index (χ0v) is 17.9. The Morgan fingerprint density at radius 3 is 2.84 bits per heavy atom. The second-order valence-corrected chi connectivity index (χ2v) is 8.81. The lowest BCUT2D eigenvalue weighted by molar-refractivity contribution is 0.250. The van der Waals surface area contributed by atoms with Crippen LogP contribution >= 0.6 is 0 Å². The molecule has 8 heteroatoms. The van der Waals surface area contributed by atoms with Gasteiger partial charge in [-0.15, -0.1) is 0 Å². The van der Waals surface area contributed by atoms with Crippen molar-refractivity contribution in [3.05, 3.63) is 60.2 Å². The molecule has 0 radical (unpaired) electrons. The first-order valence-electron chi connectivity index (χ1n) is 10.3. The molecule has 0 saturated carbocycles. The summed E-state index contributed by atoms with van der Waals surface area (Å²) in [6.45, 7) is 4.18. The Hall–Kier alpha value is -3.00. The first-order valence-corrected chi connectivity index (χ1v) is 11.4. The molecule has 2 aliphatic rings. The highest BCUT2D eigenvalue weighted by Gasteiger charge is 2.26. The van der Waals surface area contributed by atoms with Crippen LogP contribution in [0.3, 0.4) is 0 Å². The van der Waals surface area contributed by atoms with E-state index >= 15 is 0 Å². The lowest BCUT2D eigenvalue weighted by Crippen LogP contribution is -2.24. The van der Waals surface area contributed by atoms with Crippen molar-refractivity contribution < 1.29 is 17.5 Å². The van der Waals surface area contributed by atoms with Gasteiger partial charge in [0.15, 0.2) is 17.3 Å². The van der Waals surface area contributed by atoms with Gasteiger partial charge >= 0.3 is 0 Å². The van der Waals surface area contributed by atoms with Gasteiger partial charge in [0.2, 0.25) is 17.0 Å². The molecular weight excluding hydrogens is 417 g/mol. The average molecular weight is 440 g/mol. The lowest BCUT2D eigenvalue weighted by Gasteiger charge is -2.19. The zero-order valence-electron chi connectivity index (χ0n) is 17.1. The van der Waals surface area contributed by atoms with Gasteiger partial charge in [0.1, 0.15) is 4.90 Å². The van der Waals surface area contributed by atoms with Gasteiger partial charge in [0.05, 0.1) is 6.61 Å². The van der Waals surface area contributed by atoms with Gasteiger partial charge in [-0.2, -0.15) is 0 Å². The summed E-state index contributed by atoms with van der Waals surface area (Å²) in [7, 11) is 0. The molecule has 2 aromatic carbocycles. The third kappa shape index (κ3) is 3.99. The fourth-order valence-electron chi connectivity index (χ4n) is 3.87. The van der Waals surface area contributed by atoms with Gasteiger partial charge in [-0.3, -0.25) is 0 Å². The summed E-state index contributed by atoms with van der Waals surface area (Å²) >= 11 is -1.37. The van der Waals surface area contributed by atoms with Crippen molar-refractivity contribution >= 4 is 17.0 Å². The molecule has 160 valence electrons. The standard InChI is InChI=1S/C23H22FN3O3S/c1-2-18-7-9-25-23(26-18)27-10-8-15(13-27)14-29-20-5-3-16(11-19(20)24)17-4-6-22-21(12-17)30-31(22)28/h3-7,9,11-12,15H,2,8,10,13-14H2,1H3/t15-,31?/m0/s1. The monoisotopic (exact) mass is 439 g/mol. The van der Waals surface area contributed by atoms with Crippen molar-refractivity contribution in [3.63, 3.8) is 0 Å². The van der Waals surface area contributed by atoms with Crippen LogP contribution in [0.2, 0.25) is 0 Å². The molecule has 1 aromatic heterocycles. The number of ether oxygens (including phenoxy) is 1. The van der Waals surface area contributed by atoms with Crippen molar-refractivity contribution in [1.29, 1.82) is 0 Å². The van der Waals surface area contributed by atoms with Crippen LogP contribution in [-0.4, -0.2) is 33.9 Å². The van der Waals surface area contributed by atoms with Crippen LogP contribution in [0.25, 0.3) is 11.1 Å². The third-order valence-electron chi connectivity index (χ3n) is 5.66. The van der Waals surface area contributed by atoms with Gasteiger partial charge < -0.3 is 13.8 Å². The fraction of sp³-hybridized carbons (Fsp3) is 0.304. The number of benzene rings is 2. The van der Waals surface area contributed by atoms with Crippen LogP contribution in [-0.2, 0) is 17.5 Å². The number of anilines is 1. The number of hydrogen-bond acceptors (Lipinski definition) is 6. The maximum absolute atomic E-state index is 14.7. The molecule has 0 spiro atoms. The molecule has 2 aliphatic heterocycles. The predicted molar refractivity (Wildman–Crippen MR) is 116 cm³/mol. The number of nitrogens with zero attached hydrogens (tertiary/aromatic N) is 3. The highest BCUT2D eigenvalue weighted by molar-refractivity contribution is 7.82. The fourth-order valence-corrected chi connectivity index (χ4v) is 4.59. The Bertz CT molecular complexity index is 1160. The van der Waals surface area contributed by atoms with E-state index in [0.29, 0.717) is 28.7 Å². The molecule has 0 aliphatic carbocycles. The third-order valence-corrected chi connectivity index (χ3v) is 6.69. The van der Waals surface area contributed by atoms with Crippen molar-refractivity contribution in [2.75, 3.05) is 24.6 Å². The van der Waals surface area contributed by atoms with E-state index in [2.05, 4.69) is 21.8 Å². The second-order valence-electron chi connectivity index (χ2n) is 7.74. The van der Waals surface area contributed by atoms with Crippen LogP contribution in [0.15, 0.2) is 53.6 Å². The van der Waals surface area contributed by atoms with Crippen LogP contribution < -0.4 is 13.8 Å². The molecule has 0 bridgehead atoms. The number of hydrogen-bond donors (Lipinski definition) is 0. The summed E-state index contributed by atoms with van der Waals surface area (Å²) in [6, 6.07) is 12.2. The van der Waals surface area contributed by atoms with Gasteiger partial charge in [-0.25, -0.2) is 18.6 Å². The minimum absolute atomic E-state index is 0.243. The predicted octanol–water partition coefficient (Wildman–Crippen LogP) is 4.17. The van der Waals surface area contributed by atoms with Crippen molar-refractivity contribution in [1.82, 2.24) is 9.97 Å². The molecule has 31 heavy (non-hydrogen) atoms. The molecular formula is C23H22FN3O3S. The van der Waals surface area contributed by atoms with Crippen molar-refractivity contribution in [2.45, 2.75) is 24.7 Å². The first kappa shape index (κ1) is 19.9. The van der Waals surface area contributed by atoms with Crippen LogP contribution in [0.5, 0.6) is 11.5 Å². The van der Waals surface area contributed by atoms with Crippen LogP contribution in [0.1, 0.15) is 19.0 Å². The number of fused-ring (bicyclic) bond motifs is 1. The zero-order chi connectivity index (χ0) is 21.4. The highest BCUT2D eigenvalue weighted by atomic mass is 32.2. The Kier molecular flexibility index (Phi) is 5.31. The van der Waals surface area contributed by atoms with Crippen molar-refractivity contribution in [2.24, 2.45) is 5.92 Å². The van der Waals surface area contributed by atoms with Gasteiger partial charge in [0.25, 0.3) is 0 Å². The molecule has 1 fully saturated rings. The minimum Gasteiger partial charge on any atom is -0.490 e. The molecule has 3 heterocycles. The lowest BCUT2D eigenvalue weighted by atomic mass is 10.0. The Morgan fingerprint density at radius 2 is 2.06 bits per heavy atom. The van der Waals surface area contributed by atoms with E-state index in [-0.39, 0.29) is 5.75 Å². The van der Waals surface area contributed by atoms with E-state index in [1.165, 1.54) is 6.07 Å². The quantitative estimate of drug-likeness (QED) is 0.575. The van der Waals surface area contributed by atoms with E-state index in [9.17, 15) is 8.60 Å². The maximum atomic E-state index is 14.7. The van der Waals surface area contributed by atoms with E-state index in [4.69, 9.17) is 8.92 Å². The molecule has 1 saturated heterocycles. The topological polar surface area (TPSA) is 64.6 Å². The van der Waals surface area contributed by atoms with Crippen molar-refractivity contribution in [3.8, 4) is 22.6 Å². The Labute approximate surface area is 182 Å². The molecule has 1 unspecified atom stereocenters. The number of aromatic nitrogens is 2. The molecule has 5 rings (SSSR count). The molecule has 0 N–H and O–H groups in total. The molecule has 6 nitrogen and oxygen atoms in total. The van der Waals surface area contributed by atoms with E-state index < -0.39 is 16.9 Å². The molecule has 2 atom stereocenters. The van der Waals surface area contributed by atoms with E-state index in [0.717, 1.165) is 43.1 Å². The summed E-state index contributed by atoms with van der Waals surface area (Å²) in [5, 5.41) is 0. The Balaban J connectivity index is 1.21. The van der Waals surface area contributed by atoms with Crippen LogP contribution in [0, 0.1) is 11.7 Å². The summed E-state index contributed by atoms with van der Waals surface area (Å²) in [5.74, 6) is 1.46. The van der Waals surface area contributed by atoms with Gasteiger partial charge in [-0.1, -0.05) is 19.1 Å². The minimum atomic E-state index is -1.37.